The number of hydrogen-bond acceptors (Lipinski definition) is 3. The van der Waals surface area contributed by atoms with E-state index in [2.05, 4.69) is 0 Å². The zero-order valence-corrected chi connectivity index (χ0v) is 7.17. The summed E-state index contributed by atoms with van der Waals surface area (Å²) in [5.41, 5.74) is 0. The Morgan fingerprint density at radius 2 is 1.09 bits per heavy atom. The van der Waals surface area contributed by atoms with Crippen molar-refractivity contribution in [2.75, 3.05) is 39.5 Å². The second-order valence-corrected chi connectivity index (χ2v) is 3.09. The molecule has 0 heterocycles. The molecule has 11 heavy (non-hydrogen) atoms. The van der Waals surface area contributed by atoms with Gasteiger partial charge in [-0.15, -0.1) is 0 Å². The zero-order chi connectivity index (χ0) is 8.74. The smallest absolute Gasteiger partial charge is 0.165 e. The van der Waals surface area contributed by atoms with Crippen LogP contribution in [0.4, 0.5) is 0 Å². The molecule has 0 unspecified atom stereocenters. The van der Waals surface area contributed by atoms with E-state index in [1.54, 1.807) is 0 Å². The molecule has 4 nitrogen and oxygen atoms in total. The van der Waals surface area contributed by atoms with E-state index in [1.807, 2.05) is 0 Å². The van der Waals surface area contributed by atoms with Gasteiger partial charge in [0.05, 0.1) is 19.8 Å². The van der Waals surface area contributed by atoms with Crippen molar-refractivity contribution in [1.82, 2.24) is 0 Å². The molecule has 0 aromatic heterocycles. The summed E-state index contributed by atoms with van der Waals surface area (Å²) in [4.78, 5) is 0. The Bertz CT molecular complexity index is 84.8. The molecule has 0 atom stereocenters. The molecule has 0 amide bonds. The molecule has 0 saturated carbocycles. The molecule has 0 radical (unpaired) electrons. The van der Waals surface area contributed by atoms with E-state index < -0.39 is 0 Å². The normalized spacial score (nSPS) is 12.0. The highest BCUT2D eigenvalue weighted by Crippen LogP contribution is 2.09. The van der Waals surface area contributed by atoms with Gasteiger partial charge in [0.2, 0.25) is 0 Å². The molecule has 0 aliphatic rings. The van der Waals surface area contributed by atoms with Crippen LogP contribution in [-0.4, -0.2) is 58.8 Å². The molecule has 68 valence electrons. The standard InChI is InChI=1S/C6H15ClNO3/c7-8(1-4-9,2-5-10)3-6-11/h9-11H,1-6H2/q+1. The van der Waals surface area contributed by atoms with Gasteiger partial charge in [0.15, 0.2) is 11.8 Å². The van der Waals surface area contributed by atoms with Crippen LogP contribution in [0.3, 0.4) is 0 Å². The third kappa shape index (κ3) is 4.55. The minimum atomic E-state index is -0.0382. The number of rotatable bonds is 6. The number of hydrogen-bond donors (Lipinski definition) is 3. The van der Waals surface area contributed by atoms with E-state index in [0.717, 1.165) is 0 Å². The summed E-state index contributed by atoms with van der Waals surface area (Å²) < 4.78 is 0.00347. The Morgan fingerprint density at radius 3 is 1.27 bits per heavy atom. The molecule has 0 spiro atoms. The Kier molecular flexibility index (Phi) is 5.81. The molecule has 0 aliphatic heterocycles. The van der Waals surface area contributed by atoms with E-state index >= 15 is 0 Å². The molecule has 0 fully saturated rings. The molecular formula is C6H15ClNO3+. The monoisotopic (exact) mass is 184 g/mol. The van der Waals surface area contributed by atoms with Gasteiger partial charge in [0.1, 0.15) is 19.6 Å². The summed E-state index contributed by atoms with van der Waals surface area (Å²) in [6.45, 7) is 0.935. The predicted octanol–water partition coefficient (Wildman–Crippen LogP) is -1.07. The van der Waals surface area contributed by atoms with Gasteiger partial charge in [-0.25, -0.2) is 4.00 Å². The molecule has 0 aromatic rings. The van der Waals surface area contributed by atoms with Crippen molar-refractivity contribution >= 4 is 11.8 Å². The first-order valence-corrected chi connectivity index (χ1v) is 3.90. The van der Waals surface area contributed by atoms with Crippen LogP contribution in [0.15, 0.2) is 0 Å². The van der Waals surface area contributed by atoms with Crippen LogP contribution in [0.25, 0.3) is 0 Å². The van der Waals surface area contributed by atoms with Crippen molar-refractivity contribution in [3.63, 3.8) is 0 Å². The molecule has 0 bridgehead atoms. The van der Waals surface area contributed by atoms with Gasteiger partial charge >= 0.3 is 0 Å². The van der Waals surface area contributed by atoms with Crippen molar-refractivity contribution in [3.8, 4) is 0 Å². The lowest BCUT2D eigenvalue weighted by Crippen LogP contribution is -2.44. The van der Waals surface area contributed by atoms with Gasteiger partial charge in [-0.3, -0.25) is 0 Å². The first kappa shape index (κ1) is 11.1. The SMILES string of the molecule is OCC[N+](Cl)(CCO)CCO. The van der Waals surface area contributed by atoms with Crippen molar-refractivity contribution in [2.45, 2.75) is 0 Å². The molecule has 0 rings (SSSR count). The van der Waals surface area contributed by atoms with E-state index in [-0.39, 0.29) is 23.8 Å². The van der Waals surface area contributed by atoms with Crippen LogP contribution in [0.2, 0.25) is 0 Å². The maximum atomic E-state index is 8.59. The maximum Gasteiger partial charge on any atom is 0.165 e. The lowest BCUT2D eigenvalue weighted by molar-refractivity contribution is -0.817. The van der Waals surface area contributed by atoms with Crippen LogP contribution in [0.5, 0.6) is 0 Å². The molecular weight excluding hydrogens is 170 g/mol. The van der Waals surface area contributed by atoms with Crippen LogP contribution in [0.1, 0.15) is 0 Å². The Balaban J connectivity index is 3.79. The average molecular weight is 185 g/mol. The van der Waals surface area contributed by atoms with E-state index in [0.29, 0.717) is 19.6 Å². The van der Waals surface area contributed by atoms with Crippen molar-refractivity contribution in [2.24, 2.45) is 0 Å². The summed E-state index contributed by atoms with van der Waals surface area (Å²) in [6, 6.07) is 0. The number of halogens is 1. The number of nitrogens with zero attached hydrogens (tertiary/aromatic N) is 1. The fourth-order valence-electron chi connectivity index (χ4n) is 0.873. The Hall–Kier alpha value is 0.130. The van der Waals surface area contributed by atoms with Gasteiger partial charge in [0, 0.05) is 0 Å². The van der Waals surface area contributed by atoms with Gasteiger partial charge in [-0.05, 0) is 0 Å². The van der Waals surface area contributed by atoms with Crippen LogP contribution in [0, 0.1) is 0 Å². The van der Waals surface area contributed by atoms with Crippen LogP contribution < -0.4 is 0 Å². The summed E-state index contributed by atoms with van der Waals surface area (Å²) in [5.74, 6) is 0. The number of aliphatic hydroxyl groups is 3. The minimum absolute atomic E-state index is 0.00347. The number of aliphatic hydroxyl groups excluding tert-OH is 3. The van der Waals surface area contributed by atoms with Crippen molar-refractivity contribution < 1.29 is 19.3 Å². The number of quaternary nitrogens is 1. The molecule has 0 aliphatic carbocycles. The van der Waals surface area contributed by atoms with E-state index in [1.165, 1.54) is 0 Å². The third-order valence-corrected chi connectivity index (χ3v) is 2.01. The topological polar surface area (TPSA) is 60.7 Å². The lowest BCUT2D eigenvalue weighted by atomic mass is 10.4. The Morgan fingerprint density at radius 1 is 0.818 bits per heavy atom. The van der Waals surface area contributed by atoms with Crippen LogP contribution >= 0.6 is 11.8 Å². The van der Waals surface area contributed by atoms with Gasteiger partial charge in [0.25, 0.3) is 0 Å². The van der Waals surface area contributed by atoms with E-state index in [9.17, 15) is 0 Å². The molecule has 0 saturated heterocycles. The summed E-state index contributed by atoms with van der Waals surface area (Å²) in [5, 5.41) is 25.8. The minimum Gasteiger partial charge on any atom is -0.390 e. The first-order chi connectivity index (χ1) is 5.18. The molecule has 3 N–H and O–H groups in total. The molecule has 5 heteroatoms. The summed E-state index contributed by atoms with van der Waals surface area (Å²) in [6.07, 6.45) is 0. The average Bonchev–Trinajstić information content (AvgIpc) is 1.88. The second-order valence-electron chi connectivity index (χ2n) is 2.37. The third-order valence-electron chi connectivity index (χ3n) is 1.50. The lowest BCUT2D eigenvalue weighted by Gasteiger charge is -2.26. The highest BCUT2D eigenvalue weighted by molar-refractivity contribution is 6.06. The molecule has 0 aromatic carbocycles. The fourth-order valence-corrected chi connectivity index (χ4v) is 1.10. The maximum absolute atomic E-state index is 8.59. The first-order valence-electron chi connectivity index (χ1n) is 3.57. The summed E-state index contributed by atoms with van der Waals surface area (Å²) in [7, 11) is 0. The van der Waals surface area contributed by atoms with Crippen molar-refractivity contribution in [3.05, 3.63) is 0 Å². The van der Waals surface area contributed by atoms with Gasteiger partial charge < -0.3 is 15.3 Å². The van der Waals surface area contributed by atoms with Crippen LogP contribution in [-0.2, 0) is 0 Å². The van der Waals surface area contributed by atoms with Crippen molar-refractivity contribution in [1.29, 1.82) is 0 Å². The zero-order valence-electron chi connectivity index (χ0n) is 6.41. The van der Waals surface area contributed by atoms with Gasteiger partial charge in [-0.2, -0.15) is 0 Å². The van der Waals surface area contributed by atoms with E-state index in [4.69, 9.17) is 27.1 Å². The van der Waals surface area contributed by atoms with Gasteiger partial charge in [-0.1, -0.05) is 0 Å². The largest absolute Gasteiger partial charge is 0.390 e. The second kappa shape index (κ2) is 5.74. The predicted molar refractivity (Wildman–Crippen MR) is 42.0 cm³/mol. The Labute approximate surface area is 71.3 Å². The fraction of sp³-hybridized carbons (Fsp3) is 1.00. The highest BCUT2D eigenvalue weighted by Gasteiger charge is 2.23. The quantitative estimate of drug-likeness (QED) is 0.461. The highest BCUT2D eigenvalue weighted by atomic mass is 35.5. The summed E-state index contributed by atoms with van der Waals surface area (Å²) >= 11 is 5.90.